The van der Waals surface area contributed by atoms with Gasteiger partial charge in [-0.2, -0.15) is 0 Å². The Hall–Kier alpha value is -1.38. The summed E-state index contributed by atoms with van der Waals surface area (Å²) in [6.45, 7) is 5.07. The number of carbonyl (C=O) groups is 2. The molecule has 0 atom stereocenters. The summed E-state index contributed by atoms with van der Waals surface area (Å²) in [6.07, 6.45) is 0.685. The van der Waals surface area contributed by atoms with Crippen molar-refractivity contribution in [1.82, 2.24) is 0 Å². The molecular weight excluding hydrogens is 156 g/mol. The Morgan fingerprint density at radius 2 is 1.92 bits per heavy atom. The highest BCUT2D eigenvalue weighted by Gasteiger charge is 2.24. The molecule has 3 heteroatoms. The van der Waals surface area contributed by atoms with Crippen molar-refractivity contribution in [2.45, 2.75) is 20.8 Å². The second-order valence-electron chi connectivity index (χ2n) is 2.77. The van der Waals surface area contributed by atoms with E-state index in [0.717, 1.165) is 5.57 Å². The highest BCUT2D eigenvalue weighted by atomic mass is 16.5. The molecule has 0 aromatic heterocycles. The monoisotopic (exact) mass is 166 g/mol. The smallest absolute Gasteiger partial charge is 0.339 e. The van der Waals surface area contributed by atoms with Gasteiger partial charge in [0.25, 0.3) is 0 Å². The summed E-state index contributed by atoms with van der Waals surface area (Å²) in [7, 11) is 0. The van der Waals surface area contributed by atoms with Crippen LogP contribution >= 0.6 is 0 Å². The topological polar surface area (TPSA) is 43.4 Å². The highest BCUT2D eigenvalue weighted by Crippen LogP contribution is 2.26. The second kappa shape index (κ2) is 2.93. The molecule has 0 bridgehead atoms. The van der Waals surface area contributed by atoms with Crippen LogP contribution in [0.15, 0.2) is 22.5 Å². The van der Waals surface area contributed by atoms with Crippen LogP contribution in [0.25, 0.3) is 0 Å². The van der Waals surface area contributed by atoms with E-state index in [2.05, 4.69) is 0 Å². The van der Waals surface area contributed by atoms with E-state index in [0.29, 0.717) is 23.2 Å². The third kappa shape index (κ3) is 1.18. The number of carbonyl (C=O) groups excluding carboxylic acids is 2. The van der Waals surface area contributed by atoms with Crippen LogP contribution in [-0.2, 0) is 14.3 Å². The SMILES string of the molecule is CC1=C(C)/C(=C(\C)C=O)OC1=O. The molecule has 12 heavy (non-hydrogen) atoms. The number of cyclic esters (lactones) is 1. The number of hydrogen-bond acceptors (Lipinski definition) is 3. The predicted octanol–water partition coefficient (Wildman–Crippen LogP) is 1.35. The number of allylic oxidation sites excluding steroid dienone is 2. The molecule has 1 aliphatic rings. The zero-order valence-corrected chi connectivity index (χ0v) is 7.30. The van der Waals surface area contributed by atoms with Crippen LogP contribution < -0.4 is 0 Å². The number of ether oxygens (including phenoxy) is 1. The summed E-state index contributed by atoms with van der Waals surface area (Å²) >= 11 is 0. The molecular formula is C9H10O3. The first-order valence-corrected chi connectivity index (χ1v) is 3.64. The van der Waals surface area contributed by atoms with Crippen LogP contribution in [0.2, 0.25) is 0 Å². The summed E-state index contributed by atoms with van der Waals surface area (Å²) < 4.78 is 4.87. The third-order valence-corrected chi connectivity index (χ3v) is 1.94. The fourth-order valence-corrected chi connectivity index (χ4v) is 0.999. The van der Waals surface area contributed by atoms with Gasteiger partial charge in [0.15, 0.2) is 0 Å². The summed E-state index contributed by atoms with van der Waals surface area (Å²) in [5, 5.41) is 0. The van der Waals surface area contributed by atoms with E-state index < -0.39 is 0 Å². The summed E-state index contributed by atoms with van der Waals surface area (Å²) in [5.74, 6) is 0.0520. The van der Waals surface area contributed by atoms with Gasteiger partial charge in [-0.15, -0.1) is 0 Å². The lowest BCUT2D eigenvalue weighted by Gasteiger charge is -1.99. The average molecular weight is 166 g/mol. The van der Waals surface area contributed by atoms with Gasteiger partial charge in [-0.05, 0) is 20.8 Å². The molecule has 0 saturated heterocycles. The van der Waals surface area contributed by atoms with E-state index in [1.807, 2.05) is 0 Å². The fraction of sp³-hybridized carbons (Fsp3) is 0.333. The summed E-state index contributed by atoms with van der Waals surface area (Å²) in [6, 6.07) is 0. The van der Waals surface area contributed by atoms with Crippen LogP contribution in [0.4, 0.5) is 0 Å². The van der Waals surface area contributed by atoms with Crippen LogP contribution in [-0.4, -0.2) is 12.3 Å². The van der Waals surface area contributed by atoms with Gasteiger partial charge in [0.05, 0.1) is 0 Å². The Morgan fingerprint density at radius 3 is 2.25 bits per heavy atom. The normalized spacial score (nSPS) is 21.1. The van der Waals surface area contributed by atoms with Gasteiger partial charge in [0.1, 0.15) is 12.0 Å². The minimum Gasteiger partial charge on any atom is -0.422 e. The van der Waals surface area contributed by atoms with E-state index in [4.69, 9.17) is 4.74 Å². The summed E-state index contributed by atoms with van der Waals surface area (Å²) in [4.78, 5) is 21.4. The van der Waals surface area contributed by atoms with E-state index in [1.165, 1.54) is 0 Å². The molecule has 1 heterocycles. The largest absolute Gasteiger partial charge is 0.422 e. The number of rotatable bonds is 1. The maximum Gasteiger partial charge on any atom is 0.339 e. The predicted molar refractivity (Wildman–Crippen MR) is 43.2 cm³/mol. The average Bonchev–Trinajstić information content (AvgIpc) is 2.32. The summed E-state index contributed by atoms with van der Waals surface area (Å²) in [5.41, 5.74) is 1.79. The van der Waals surface area contributed by atoms with Crippen molar-refractivity contribution in [3.8, 4) is 0 Å². The van der Waals surface area contributed by atoms with Crippen molar-refractivity contribution in [3.05, 3.63) is 22.5 Å². The van der Waals surface area contributed by atoms with E-state index in [-0.39, 0.29) is 5.97 Å². The van der Waals surface area contributed by atoms with Crippen molar-refractivity contribution in [2.24, 2.45) is 0 Å². The quantitative estimate of drug-likeness (QED) is 0.335. The van der Waals surface area contributed by atoms with Crippen LogP contribution in [0.1, 0.15) is 20.8 Å². The Balaban J connectivity index is 3.18. The second-order valence-corrected chi connectivity index (χ2v) is 2.77. The van der Waals surface area contributed by atoms with Crippen LogP contribution in [0.5, 0.6) is 0 Å². The zero-order valence-electron chi connectivity index (χ0n) is 7.30. The lowest BCUT2D eigenvalue weighted by atomic mass is 10.1. The van der Waals surface area contributed by atoms with Gasteiger partial charge in [-0.25, -0.2) is 4.79 Å². The molecule has 3 nitrogen and oxygen atoms in total. The molecule has 0 radical (unpaired) electrons. The lowest BCUT2D eigenvalue weighted by Crippen LogP contribution is -1.96. The van der Waals surface area contributed by atoms with Gasteiger partial charge < -0.3 is 4.74 Å². The molecule has 0 unspecified atom stereocenters. The third-order valence-electron chi connectivity index (χ3n) is 1.94. The van der Waals surface area contributed by atoms with Crippen molar-refractivity contribution in [1.29, 1.82) is 0 Å². The van der Waals surface area contributed by atoms with Gasteiger partial charge in [0, 0.05) is 16.7 Å². The van der Waals surface area contributed by atoms with E-state index in [9.17, 15) is 9.59 Å². The first-order chi connectivity index (χ1) is 5.57. The number of aldehydes is 1. The van der Waals surface area contributed by atoms with Crippen molar-refractivity contribution in [2.75, 3.05) is 0 Å². The molecule has 0 fully saturated rings. The Kier molecular flexibility index (Phi) is 2.13. The van der Waals surface area contributed by atoms with Crippen molar-refractivity contribution < 1.29 is 14.3 Å². The lowest BCUT2D eigenvalue weighted by molar-refractivity contribution is -0.133. The minimum atomic E-state index is -0.358. The van der Waals surface area contributed by atoms with Crippen molar-refractivity contribution in [3.63, 3.8) is 0 Å². The van der Waals surface area contributed by atoms with Gasteiger partial charge >= 0.3 is 5.97 Å². The molecule has 64 valence electrons. The molecule has 0 aromatic rings. The number of esters is 1. The maximum absolute atomic E-state index is 11.0. The molecule has 0 saturated carbocycles. The Morgan fingerprint density at radius 1 is 1.33 bits per heavy atom. The number of hydrogen-bond donors (Lipinski definition) is 0. The minimum absolute atomic E-state index is 0.358. The molecule has 0 aromatic carbocycles. The molecule has 0 N–H and O–H groups in total. The highest BCUT2D eigenvalue weighted by molar-refractivity contribution is 5.95. The molecule has 0 aliphatic carbocycles. The van der Waals surface area contributed by atoms with Crippen LogP contribution in [0.3, 0.4) is 0 Å². The molecule has 1 aliphatic heterocycles. The maximum atomic E-state index is 11.0. The zero-order chi connectivity index (χ0) is 9.30. The van der Waals surface area contributed by atoms with Crippen molar-refractivity contribution >= 4 is 12.3 Å². The Labute approximate surface area is 70.7 Å². The molecule has 1 rings (SSSR count). The Bertz CT molecular complexity index is 308. The van der Waals surface area contributed by atoms with Gasteiger partial charge in [-0.3, -0.25) is 4.79 Å². The van der Waals surface area contributed by atoms with Crippen LogP contribution in [0, 0.1) is 0 Å². The van der Waals surface area contributed by atoms with E-state index in [1.54, 1.807) is 20.8 Å². The van der Waals surface area contributed by atoms with Gasteiger partial charge in [0.2, 0.25) is 0 Å². The molecule has 0 amide bonds. The van der Waals surface area contributed by atoms with E-state index >= 15 is 0 Å². The fourth-order valence-electron chi connectivity index (χ4n) is 0.999. The first-order valence-electron chi connectivity index (χ1n) is 3.64. The van der Waals surface area contributed by atoms with Gasteiger partial charge in [-0.1, -0.05) is 0 Å². The molecule has 0 spiro atoms. The standard InChI is InChI=1S/C9H10O3/c1-5(4-10)8-6(2)7(3)9(11)12-8/h4H,1-3H3/b8-5-. The first kappa shape index (κ1) is 8.71.